The van der Waals surface area contributed by atoms with Crippen molar-refractivity contribution in [3.8, 4) is 5.69 Å². The number of anilines is 1. The van der Waals surface area contributed by atoms with Crippen molar-refractivity contribution in [2.45, 2.75) is 25.7 Å². The lowest BCUT2D eigenvalue weighted by atomic mass is 9.97. The van der Waals surface area contributed by atoms with E-state index < -0.39 is 0 Å². The van der Waals surface area contributed by atoms with Crippen LogP contribution < -0.4 is 5.73 Å². The Kier molecular flexibility index (Phi) is 2.67. The molecule has 1 aromatic heterocycles. The summed E-state index contributed by atoms with van der Waals surface area (Å²) in [4.78, 5) is 0. The van der Waals surface area contributed by atoms with Crippen molar-refractivity contribution in [1.29, 1.82) is 0 Å². The van der Waals surface area contributed by atoms with Crippen molar-refractivity contribution in [2.24, 2.45) is 0 Å². The molecule has 1 aromatic carbocycles. The van der Waals surface area contributed by atoms with E-state index in [4.69, 9.17) is 5.73 Å². The minimum Gasteiger partial charge on any atom is -0.382 e. The van der Waals surface area contributed by atoms with Gasteiger partial charge < -0.3 is 5.73 Å². The van der Waals surface area contributed by atoms with Crippen LogP contribution in [0.1, 0.15) is 24.1 Å². The van der Waals surface area contributed by atoms with Crippen molar-refractivity contribution >= 4 is 21.7 Å². The minimum absolute atomic E-state index is 0.697. The van der Waals surface area contributed by atoms with E-state index in [0.717, 1.165) is 23.0 Å². The third kappa shape index (κ3) is 1.86. The van der Waals surface area contributed by atoms with E-state index in [1.807, 2.05) is 16.8 Å². The van der Waals surface area contributed by atoms with Crippen molar-refractivity contribution < 1.29 is 0 Å². The van der Waals surface area contributed by atoms with Gasteiger partial charge >= 0.3 is 0 Å². The number of nitrogens with zero attached hydrogens (tertiary/aromatic N) is 2. The van der Waals surface area contributed by atoms with Crippen LogP contribution in [0.15, 0.2) is 28.7 Å². The molecule has 0 saturated carbocycles. The molecule has 0 radical (unpaired) electrons. The lowest BCUT2D eigenvalue weighted by Crippen LogP contribution is -2.07. The first-order chi connectivity index (χ1) is 8.25. The second-order valence-corrected chi connectivity index (χ2v) is 5.32. The van der Waals surface area contributed by atoms with Crippen LogP contribution in [0.3, 0.4) is 0 Å². The van der Waals surface area contributed by atoms with Gasteiger partial charge in [-0.1, -0.05) is 15.9 Å². The van der Waals surface area contributed by atoms with Crippen LogP contribution >= 0.6 is 15.9 Å². The predicted molar refractivity (Wildman–Crippen MR) is 72.3 cm³/mol. The zero-order chi connectivity index (χ0) is 11.8. The van der Waals surface area contributed by atoms with Crippen LogP contribution in [0.5, 0.6) is 0 Å². The summed E-state index contributed by atoms with van der Waals surface area (Å²) in [5, 5.41) is 4.47. The number of hydrogen-bond acceptors (Lipinski definition) is 2. The first-order valence-electron chi connectivity index (χ1n) is 5.88. The normalized spacial score (nSPS) is 14.6. The summed E-state index contributed by atoms with van der Waals surface area (Å²) in [6.45, 7) is 0. The summed E-state index contributed by atoms with van der Waals surface area (Å²) >= 11 is 3.44. The summed E-state index contributed by atoms with van der Waals surface area (Å²) in [7, 11) is 0. The Morgan fingerprint density at radius 1 is 1.12 bits per heavy atom. The summed E-state index contributed by atoms with van der Waals surface area (Å²) < 4.78 is 3.08. The molecular weight excluding hydrogens is 278 g/mol. The van der Waals surface area contributed by atoms with Gasteiger partial charge in [0, 0.05) is 15.7 Å². The monoisotopic (exact) mass is 291 g/mol. The molecule has 88 valence electrons. The number of fused-ring (bicyclic) bond motifs is 1. The second kappa shape index (κ2) is 4.18. The third-order valence-corrected chi connectivity index (χ3v) is 3.81. The Hall–Kier alpha value is -1.29. The Bertz CT molecular complexity index is 543. The zero-order valence-electron chi connectivity index (χ0n) is 9.49. The first kappa shape index (κ1) is 10.8. The maximum atomic E-state index is 5.99. The Morgan fingerprint density at radius 2 is 1.82 bits per heavy atom. The maximum absolute atomic E-state index is 5.99. The minimum atomic E-state index is 0.697. The molecule has 3 rings (SSSR count). The molecule has 1 heterocycles. The summed E-state index contributed by atoms with van der Waals surface area (Å²) in [5.74, 6) is 0.697. The number of benzene rings is 1. The molecule has 1 aliphatic rings. The molecular formula is C13H14BrN3. The predicted octanol–water partition coefficient (Wildman–Crippen LogP) is 3.10. The molecule has 17 heavy (non-hydrogen) atoms. The summed E-state index contributed by atoms with van der Waals surface area (Å²) in [6.07, 6.45) is 4.60. The van der Waals surface area contributed by atoms with E-state index in [0.29, 0.717) is 5.82 Å². The molecule has 0 spiro atoms. The van der Waals surface area contributed by atoms with Gasteiger partial charge in [0.05, 0.1) is 5.69 Å². The number of hydrogen-bond donors (Lipinski definition) is 1. The van der Waals surface area contributed by atoms with Crippen LogP contribution in [0.25, 0.3) is 5.69 Å². The molecule has 0 aliphatic heterocycles. The van der Waals surface area contributed by atoms with Crippen LogP contribution in [0, 0.1) is 0 Å². The highest BCUT2D eigenvalue weighted by Gasteiger charge is 2.19. The van der Waals surface area contributed by atoms with E-state index in [9.17, 15) is 0 Å². The highest BCUT2D eigenvalue weighted by molar-refractivity contribution is 9.10. The summed E-state index contributed by atoms with van der Waals surface area (Å²) in [5.41, 5.74) is 9.61. The lowest BCUT2D eigenvalue weighted by molar-refractivity contribution is 0.653. The topological polar surface area (TPSA) is 43.8 Å². The van der Waals surface area contributed by atoms with Crippen molar-refractivity contribution in [3.63, 3.8) is 0 Å². The van der Waals surface area contributed by atoms with E-state index in [2.05, 4.69) is 33.2 Å². The average Bonchev–Trinajstić information content (AvgIpc) is 2.69. The quantitative estimate of drug-likeness (QED) is 0.877. The van der Waals surface area contributed by atoms with Gasteiger partial charge in [0.2, 0.25) is 0 Å². The number of rotatable bonds is 1. The van der Waals surface area contributed by atoms with Gasteiger partial charge in [0.15, 0.2) is 0 Å². The SMILES string of the molecule is Nc1nn(-c2ccc(Br)cc2)c2c1CCCC2. The fraction of sp³-hybridized carbons (Fsp3) is 0.308. The zero-order valence-corrected chi connectivity index (χ0v) is 11.1. The van der Waals surface area contributed by atoms with Gasteiger partial charge in [-0.25, -0.2) is 4.68 Å². The molecule has 0 fully saturated rings. The lowest BCUT2D eigenvalue weighted by Gasteiger charge is -2.13. The number of nitrogen functional groups attached to an aromatic ring is 1. The van der Waals surface area contributed by atoms with E-state index in [-0.39, 0.29) is 0 Å². The summed E-state index contributed by atoms with van der Waals surface area (Å²) in [6, 6.07) is 8.18. The molecule has 2 N–H and O–H groups in total. The van der Waals surface area contributed by atoms with Crippen LogP contribution in [0.4, 0.5) is 5.82 Å². The standard InChI is InChI=1S/C13H14BrN3/c14-9-5-7-10(8-6-9)17-12-4-2-1-3-11(12)13(15)16-17/h5-8H,1-4H2,(H2,15,16). The number of aromatic nitrogens is 2. The molecule has 0 atom stereocenters. The van der Waals surface area contributed by atoms with Gasteiger partial charge in [-0.3, -0.25) is 0 Å². The number of halogens is 1. The molecule has 4 heteroatoms. The fourth-order valence-corrected chi connectivity index (χ4v) is 2.69. The van der Waals surface area contributed by atoms with E-state index in [1.165, 1.54) is 24.1 Å². The van der Waals surface area contributed by atoms with Gasteiger partial charge in [-0.05, 0) is 49.9 Å². The molecule has 0 unspecified atom stereocenters. The van der Waals surface area contributed by atoms with E-state index in [1.54, 1.807) is 0 Å². The highest BCUT2D eigenvalue weighted by atomic mass is 79.9. The largest absolute Gasteiger partial charge is 0.382 e. The Morgan fingerprint density at radius 3 is 2.59 bits per heavy atom. The maximum Gasteiger partial charge on any atom is 0.149 e. The van der Waals surface area contributed by atoms with Gasteiger partial charge in [0.25, 0.3) is 0 Å². The molecule has 0 saturated heterocycles. The number of nitrogens with two attached hydrogens (primary N) is 1. The fourth-order valence-electron chi connectivity index (χ4n) is 2.42. The Labute approximate surface area is 109 Å². The van der Waals surface area contributed by atoms with Crippen LogP contribution in [0.2, 0.25) is 0 Å². The van der Waals surface area contributed by atoms with Gasteiger partial charge in [0.1, 0.15) is 5.82 Å². The first-order valence-corrected chi connectivity index (χ1v) is 6.67. The third-order valence-electron chi connectivity index (χ3n) is 3.28. The van der Waals surface area contributed by atoms with Crippen molar-refractivity contribution in [2.75, 3.05) is 5.73 Å². The molecule has 1 aliphatic carbocycles. The van der Waals surface area contributed by atoms with Crippen LogP contribution in [-0.4, -0.2) is 9.78 Å². The van der Waals surface area contributed by atoms with Crippen molar-refractivity contribution in [3.05, 3.63) is 40.0 Å². The van der Waals surface area contributed by atoms with Crippen LogP contribution in [-0.2, 0) is 12.8 Å². The smallest absolute Gasteiger partial charge is 0.149 e. The van der Waals surface area contributed by atoms with Gasteiger partial charge in [-0.15, -0.1) is 0 Å². The highest BCUT2D eigenvalue weighted by Crippen LogP contribution is 2.28. The Balaban J connectivity index is 2.11. The average molecular weight is 292 g/mol. The van der Waals surface area contributed by atoms with Crippen molar-refractivity contribution in [1.82, 2.24) is 9.78 Å². The molecule has 0 bridgehead atoms. The molecule has 0 amide bonds. The molecule has 3 nitrogen and oxygen atoms in total. The second-order valence-electron chi connectivity index (χ2n) is 4.41. The van der Waals surface area contributed by atoms with E-state index >= 15 is 0 Å². The molecule has 2 aromatic rings. The van der Waals surface area contributed by atoms with Gasteiger partial charge in [-0.2, -0.15) is 5.10 Å².